The summed E-state index contributed by atoms with van der Waals surface area (Å²) in [5, 5.41) is 5.24. The number of carbonyl (C=O) groups excluding carboxylic acids is 2. The summed E-state index contributed by atoms with van der Waals surface area (Å²) in [5.41, 5.74) is 1.02. The summed E-state index contributed by atoms with van der Waals surface area (Å²) in [6, 6.07) is 16.3. The van der Waals surface area contributed by atoms with Crippen LogP contribution in [0.1, 0.15) is 18.8 Å². The fourth-order valence-corrected chi connectivity index (χ4v) is 6.44. The normalized spacial score (nSPS) is 16.3. The van der Waals surface area contributed by atoms with Gasteiger partial charge < -0.3 is 29.6 Å². The molecule has 0 radical (unpaired) electrons. The molecule has 0 saturated carbocycles. The molecule has 3 aromatic carbocycles. The fourth-order valence-electron chi connectivity index (χ4n) is 6.44. The van der Waals surface area contributed by atoms with Crippen LogP contribution in [0.25, 0.3) is 10.9 Å². The predicted octanol–water partition coefficient (Wildman–Crippen LogP) is 3.38. The molecule has 2 saturated heterocycles. The van der Waals surface area contributed by atoms with Gasteiger partial charge in [0.15, 0.2) is 5.82 Å². The number of ether oxygens (including phenoxy) is 2. The van der Waals surface area contributed by atoms with Crippen molar-refractivity contribution in [1.29, 1.82) is 0 Å². The molecule has 0 bridgehead atoms. The minimum absolute atomic E-state index is 0.113. The van der Waals surface area contributed by atoms with Crippen molar-refractivity contribution >= 4 is 34.2 Å². The number of piperazine rings is 2. The summed E-state index contributed by atoms with van der Waals surface area (Å²) in [6.07, 6.45) is 0. The second-order valence-electron chi connectivity index (χ2n) is 12.5. The van der Waals surface area contributed by atoms with Crippen molar-refractivity contribution in [2.45, 2.75) is 13.0 Å². The molecule has 1 unspecified atom stereocenters. The van der Waals surface area contributed by atoms with Crippen LogP contribution in [0.3, 0.4) is 0 Å². The summed E-state index contributed by atoms with van der Waals surface area (Å²) in [4.78, 5) is 54.3. The Morgan fingerprint density at radius 2 is 1.62 bits per heavy atom. The molecule has 3 heterocycles. The quantitative estimate of drug-likeness (QED) is 0.283. The Hall–Kier alpha value is -5.21. The molecule has 14 heteroatoms. The van der Waals surface area contributed by atoms with E-state index in [0.29, 0.717) is 72.3 Å². The van der Waals surface area contributed by atoms with Crippen molar-refractivity contribution < 1.29 is 23.5 Å². The zero-order chi connectivity index (χ0) is 35.4. The van der Waals surface area contributed by atoms with Gasteiger partial charge in [0.1, 0.15) is 17.3 Å². The first-order valence-corrected chi connectivity index (χ1v) is 16.7. The second kappa shape index (κ2) is 15.1. The SMILES string of the molecule is COc1ccc(N(C(=O)Nc2ccc(F)cc2)C(C)c2nc3ccccc3c(=O)n2N2CCN(CC(=O)N3CCN(C)CC3)CC2)c(OC)c1. The number of carbonyl (C=O) groups is 2. The maximum absolute atomic E-state index is 14.3. The van der Waals surface area contributed by atoms with E-state index in [1.165, 1.54) is 43.4 Å². The molecule has 4 aromatic rings. The highest BCUT2D eigenvalue weighted by Gasteiger charge is 2.33. The lowest BCUT2D eigenvalue weighted by Crippen LogP contribution is -2.57. The number of halogens is 1. The molecule has 3 amide bonds. The maximum Gasteiger partial charge on any atom is 0.327 e. The molecular weight excluding hydrogens is 643 g/mol. The van der Waals surface area contributed by atoms with Crippen LogP contribution >= 0.6 is 0 Å². The van der Waals surface area contributed by atoms with Crippen LogP contribution in [0.5, 0.6) is 11.5 Å². The summed E-state index contributed by atoms with van der Waals surface area (Å²) in [5.74, 6) is 0.906. The number of urea groups is 1. The molecule has 50 heavy (non-hydrogen) atoms. The second-order valence-corrected chi connectivity index (χ2v) is 12.5. The lowest BCUT2D eigenvalue weighted by molar-refractivity contribution is -0.134. The van der Waals surface area contributed by atoms with Gasteiger partial charge in [0, 0.05) is 64.1 Å². The highest BCUT2D eigenvalue weighted by molar-refractivity contribution is 6.03. The minimum Gasteiger partial charge on any atom is -0.497 e. The number of anilines is 2. The Balaban J connectivity index is 1.35. The van der Waals surface area contributed by atoms with Gasteiger partial charge in [-0.25, -0.2) is 18.8 Å². The molecule has 0 spiro atoms. The number of methoxy groups -OCH3 is 2. The van der Waals surface area contributed by atoms with Gasteiger partial charge in [0.05, 0.1) is 43.4 Å². The topological polar surface area (TPSA) is 116 Å². The molecule has 1 N–H and O–H groups in total. The van der Waals surface area contributed by atoms with E-state index in [-0.39, 0.29) is 11.5 Å². The highest BCUT2D eigenvalue weighted by Crippen LogP contribution is 2.37. The Morgan fingerprint density at radius 1 is 0.920 bits per heavy atom. The van der Waals surface area contributed by atoms with Gasteiger partial charge in [-0.2, -0.15) is 0 Å². The van der Waals surface area contributed by atoms with E-state index < -0.39 is 17.9 Å². The van der Waals surface area contributed by atoms with Crippen molar-refractivity contribution in [3.05, 3.63) is 88.7 Å². The first-order valence-electron chi connectivity index (χ1n) is 16.7. The molecule has 2 fully saturated rings. The molecule has 2 aliphatic heterocycles. The van der Waals surface area contributed by atoms with E-state index in [0.717, 1.165) is 26.2 Å². The maximum atomic E-state index is 14.3. The van der Waals surface area contributed by atoms with Crippen molar-refractivity contribution in [3.63, 3.8) is 0 Å². The van der Waals surface area contributed by atoms with E-state index >= 15 is 0 Å². The number of hydrogen-bond acceptors (Lipinski definition) is 9. The predicted molar refractivity (Wildman–Crippen MR) is 190 cm³/mol. The number of nitrogens with one attached hydrogen (secondary N) is 1. The first kappa shape index (κ1) is 34.6. The van der Waals surface area contributed by atoms with Crippen molar-refractivity contribution in [3.8, 4) is 11.5 Å². The van der Waals surface area contributed by atoms with E-state index in [2.05, 4.69) is 22.2 Å². The van der Waals surface area contributed by atoms with E-state index in [9.17, 15) is 18.8 Å². The summed E-state index contributed by atoms with van der Waals surface area (Å²) >= 11 is 0. The van der Waals surface area contributed by atoms with Crippen molar-refractivity contribution in [2.75, 3.05) is 95.4 Å². The summed E-state index contributed by atoms with van der Waals surface area (Å²) in [7, 11) is 5.09. The molecule has 1 atom stereocenters. The van der Waals surface area contributed by atoms with Gasteiger partial charge in [0.2, 0.25) is 5.91 Å². The number of rotatable bonds is 9. The Labute approximate surface area is 290 Å². The number of amides is 3. The number of likely N-dealkylation sites (N-methyl/N-ethyl adjacent to an activating group) is 1. The van der Waals surface area contributed by atoms with E-state index in [4.69, 9.17) is 14.5 Å². The lowest BCUT2D eigenvalue weighted by atomic mass is 10.1. The summed E-state index contributed by atoms with van der Waals surface area (Å²) in [6.45, 7) is 7.33. The van der Waals surface area contributed by atoms with Gasteiger partial charge in [0.25, 0.3) is 5.56 Å². The Bertz CT molecular complexity index is 1890. The van der Waals surface area contributed by atoms with Gasteiger partial charge in [-0.1, -0.05) is 12.1 Å². The molecule has 1 aromatic heterocycles. The third-order valence-electron chi connectivity index (χ3n) is 9.35. The molecule has 2 aliphatic rings. The van der Waals surface area contributed by atoms with Crippen LogP contribution in [0, 0.1) is 5.82 Å². The van der Waals surface area contributed by atoms with Gasteiger partial charge in [-0.3, -0.25) is 19.4 Å². The third-order valence-corrected chi connectivity index (χ3v) is 9.35. The number of hydrogen-bond donors (Lipinski definition) is 1. The van der Waals surface area contributed by atoms with Crippen molar-refractivity contribution in [2.24, 2.45) is 0 Å². The van der Waals surface area contributed by atoms with Gasteiger partial charge >= 0.3 is 6.03 Å². The van der Waals surface area contributed by atoms with Crippen LogP contribution in [-0.4, -0.2) is 116 Å². The standard InChI is InChI=1S/C36H43FN8O5/c1-25(44(31-14-13-28(49-3)23-32(31)50-4)36(48)38-27-11-9-26(37)10-12-27)34-39-30-8-6-5-7-29(30)35(47)45(34)43-21-17-41(18-22-43)24-33(46)42-19-15-40(2)16-20-42/h5-14,23,25H,15-22,24H2,1-4H3,(H,38,48). The fraction of sp³-hybridized carbons (Fsp3) is 0.389. The average Bonchev–Trinajstić information content (AvgIpc) is 3.13. The van der Waals surface area contributed by atoms with Gasteiger partial charge in [-0.15, -0.1) is 0 Å². The third kappa shape index (κ3) is 7.36. The lowest BCUT2D eigenvalue weighted by Gasteiger charge is -2.40. The zero-order valence-electron chi connectivity index (χ0n) is 28.8. The van der Waals surface area contributed by atoms with Crippen LogP contribution < -0.4 is 30.3 Å². The van der Waals surface area contributed by atoms with Gasteiger partial charge in [-0.05, 0) is 62.5 Å². The van der Waals surface area contributed by atoms with Crippen LogP contribution in [-0.2, 0) is 4.79 Å². The Kier molecular flexibility index (Phi) is 10.5. The molecular formula is C36H43FN8O5. The number of benzene rings is 3. The Morgan fingerprint density at radius 3 is 2.30 bits per heavy atom. The number of para-hydroxylation sites is 1. The minimum atomic E-state index is -0.813. The first-order chi connectivity index (χ1) is 24.2. The largest absolute Gasteiger partial charge is 0.497 e. The molecule has 6 rings (SSSR count). The zero-order valence-corrected chi connectivity index (χ0v) is 28.8. The molecule has 264 valence electrons. The van der Waals surface area contributed by atoms with Crippen LogP contribution in [0.4, 0.5) is 20.6 Å². The monoisotopic (exact) mass is 686 g/mol. The summed E-state index contributed by atoms with van der Waals surface area (Å²) < 4.78 is 26.4. The molecule has 13 nitrogen and oxygen atoms in total. The number of fused-ring (bicyclic) bond motifs is 1. The van der Waals surface area contributed by atoms with Crippen LogP contribution in [0.2, 0.25) is 0 Å². The van der Waals surface area contributed by atoms with Crippen LogP contribution in [0.15, 0.2) is 71.5 Å². The number of nitrogens with zero attached hydrogens (tertiary/aromatic N) is 7. The molecule has 0 aliphatic carbocycles. The number of aromatic nitrogens is 2. The van der Waals surface area contributed by atoms with E-state index in [1.54, 1.807) is 48.0 Å². The van der Waals surface area contributed by atoms with Crippen molar-refractivity contribution in [1.82, 2.24) is 24.4 Å². The average molecular weight is 687 g/mol. The smallest absolute Gasteiger partial charge is 0.327 e. The highest BCUT2D eigenvalue weighted by atomic mass is 19.1. The van der Waals surface area contributed by atoms with E-state index in [1.807, 2.05) is 16.0 Å².